The molecular formula is C11H18ClN3O2. The van der Waals surface area contributed by atoms with Crippen molar-refractivity contribution in [2.24, 2.45) is 5.41 Å². The fourth-order valence-corrected chi connectivity index (χ4v) is 1.88. The normalized spacial score (nSPS) is 21.1. The van der Waals surface area contributed by atoms with Crippen molar-refractivity contribution in [2.75, 3.05) is 25.1 Å². The predicted octanol–water partition coefficient (Wildman–Crippen LogP) is 2.60. The lowest BCUT2D eigenvalue weighted by atomic mass is 9.82. The van der Waals surface area contributed by atoms with E-state index in [9.17, 15) is 0 Å². The van der Waals surface area contributed by atoms with Crippen LogP contribution in [0.3, 0.4) is 0 Å². The highest BCUT2D eigenvalue weighted by atomic mass is 35.5. The van der Waals surface area contributed by atoms with E-state index in [-0.39, 0.29) is 10.8 Å². The number of ether oxygens (including phenoxy) is 1. The van der Waals surface area contributed by atoms with Gasteiger partial charge in [-0.3, -0.25) is 0 Å². The number of rotatable bonds is 4. The largest absolute Gasteiger partial charge is 0.407 e. The first-order chi connectivity index (χ1) is 8.09. The lowest BCUT2D eigenvalue weighted by Crippen LogP contribution is -2.33. The fraction of sp³-hybridized carbons (Fsp3) is 0.818. The van der Waals surface area contributed by atoms with Crippen molar-refractivity contribution < 1.29 is 9.15 Å². The van der Waals surface area contributed by atoms with E-state index in [1.807, 2.05) is 0 Å². The second-order valence-electron chi connectivity index (χ2n) is 4.84. The molecule has 0 spiro atoms. The third-order valence-electron chi connectivity index (χ3n) is 3.15. The van der Waals surface area contributed by atoms with E-state index < -0.39 is 0 Å². The van der Waals surface area contributed by atoms with Crippen LogP contribution in [0, 0.1) is 5.41 Å². The van der Waals surface area contributed by atoms with Gasteiger partial charge < -0.3 is 14.5 Å². The van der Waals surface area contributed by atoms with E-state index in [4.69, 9.17) is 20.8 Å². The molecule has 1 saturated heterocycles. The lowest BCUT2D eigenvalue weighted by molar-refractivity contribution is 0.0298. The maximum absolute atomic E-state index is 5.85. The Bertz CT molecular complexity index is 361. The molecule has 0 aliphatic carbocycles. The van der Waals surface area contributed by atoms with E-state index in [2.05, 4.69) is 22.4 Å². The van der Waals surface area contributed by atoms with Gasteiger partial charge in [-0.2, -0.15) is 0 Å². The Kier molecular flexibility index (Phi) is 3.89. The molecule has 5 nitrogen and oxygen atoms in total. The molecule has 1 atom stereocenters. The average molecular weight is 260 g/mol. The van der Waals surface area contributed by atoms with E-state index >= 15 is 0 Å². The van der Waals surface area contributed by atoms with Crippen LogP contribution in [0.15, 0.2) is 4.42 Å². The zero-order chi connectivity index (χ0) is 12.3. The Balaban J connectivity index is 1.88. The molecule has 1 aromatic rings. The van der Waals surface area contributed by atoms with Gasteiger partial charge in [0.05, 0.1) is 0 Å². The van der Waals surface area contributed by atoms with Crippen LogP contribution in [-0.4, -0.2) is 30.0 Å². The number of halogens is 1. The fourth-order valence-electron chi connectivity index (χ4n) is 1.80. The summed E-state index contributed by atoms with van der Waals surface area (Å²) in [7, 11) is 0. The van der Waals surface area contributed by atoms with Crippen molar-refractivity contribution in [3.05, 3.63) is 5.89 Å². The molecule has 2 rings (SSSR count). The van der Waals surface area contributed by atoms with E-state index in [1.165, 1.54) is 0 Å². The zero-order valence-electron chi connectivity index (χ0n) is 10.2. The van der Waals surface area contributed by atoms with Crippen molar-refractivity contribution in [3.63, 3.8) is 0 Å². The molecule has 1 aliphatic rings. The maximum Gasteiger partial charge on any atom is 0.315 e. The van der Waals surface area contributed by atoms with Crippen molar-refractivity contribution in [1.29, 1.82) is 0 Å². The van der Waals surface area contributed by atoms with Crippen LogP contribution >= 0.6 is 11.6 Å². The molecule has 1 aliphatic heterocycles. The molecule has 0 aromatic carbocycles. The molecule has 6 heteroatoms. The number of alkyl halides is 1. The quantitative estimate of drug-likeness (QED) is 0.843. The Morgan fingerprint density at radius 2 is 2.12 bits per heavy atom. The van der Waals surface area contributed by atoms with Crippen molar-refractivity contribution in [1.82, 2.24) is 10.2 Å². The van der Waals surface area contributed by atoms with Crippen molar-refractivity contribution >= 4 is 17.6 Å². The number of hydrogen-bond acceptors (Lipinski definition) is 5. The average Bonchev–Trinajstić information content (AvgIpc) is 2.76. The predicted molar refractivity (Wildman–Crippen MR) is 65.2 cm³/mol. The number of nitrogens with one attached hydrogen (secondary N) is 1. The molecule has 2 heterocycles. The SMILES string of the molecule is CC(Cl)c1nnc(NCC2(C)CCOCC2)o1. The first-order valence-electron chi connectivity index (χ1n) is 5.88. The van der Waals surface area contributed by atoms with Gasteiger partial charge in [-0.1, -0.05) is 12.0 Å². The maximum atomic E-state index is 5.85. The number of hydrogen-bond donors (Lipinski definition) is 1. The molecule has 1 unspecified atom stereocenters. The summed E-state index contributed by atoms with van der Waals surface area (Å²) in [5, 5.41) is 10.7. The van der Waals surface area contributed by atoms with Crippen LogP contribution in [0.2, 0.25) is 0 Å². The summed E-state index contributed by atoms with van der Waals surface area (Å²) in [6.07, 6.45) is 2.10. The van der Waals surface area contributed by atoms with E-state index in [0.29, 0.717) is 11.9 Å². The summed E-state index contributed by atoms with van der Waals surface area (Å²) >= 11 is 5.85. The van der Waals surface area contributed by atoms with Crippen LogP contribution in [0.4, 0.5) is 6.01 Å². The van der Waals surface area contributed by atoms with Gasteiger partial charge in [-0.05, 0) is 25.2 Å². The zero-order valence-corrected chi connectivity index (χ0v) is 11.0. The molecule has 1 N–H and O–H groups in total. The smallest absolute Gasteiger partial charge is 0.315 e. The number of aromatic nitrogens is 2. The summed E-state index contributed by atoms with van der Waals surface area (Å²) in [6, 6.07) is 0.445. The Labute approximate surface area is 106 Å². The summed E-state index contributed by atoms with van der Waals surface area (Å²) in [5.41, 5.74) is 0.236. The van der Waals surface area contributed by atoms with Crippen LogP contribution < -0.4 is 5.32 Å². The molecule has 0 bridgehead atoms. The number of anilines is 1. The van der Waals surface area contributed by atoms with Gasteiger partial charge in [0.2, 0.25) is 5.89 Å². The molecule has 0 radical (unpaired) electrons. The second-order valence-corrected chi connectivity index (χ2v) is 5.49. The standard InChI is InChI=1S/C11H18ClN3O2/c1-8(12)9-14-15-10(17-9)13-7-11(2)3-5-16-6-4-11/h8H,3-7H2,1-2H3,(H,13,15). The highest BCUT2D eigenvalue weighted by Gasteiger charge is 2.27. The molecule has 96 valence electrons. The lowest BCUT2D eigenvalue weighted by Gasteiger charge is -2.33. The Morgan fingerprint density at radius 1 is 1.41 bits per heavy atom. The molecule has 1 fully saturated rings. The highest BCUT2D eigenvalue weighted by Crippen LogP contribution is 2.30. The van der Waals surface area contributed by atoms with Crippen LogP contribution in [0.25, 0.3) is 0 Å². The first-order valence-corrected chi connectivity index (χ1v) is 6.32. The summed E-state index contributed by atoms with van der Waals surface area (Å²) in [5.74, 6) is 0.450. The summed E-state index contributed by atoms with van der Waals surface area (Å²) in [4.78, 5) is 0. The highest BCUT2D eigenvalue weighted by molar-refractivity contribution is 6.20. The molecule has 1 aromatic heterocycles. The summed E-state index contributed by atoms with van der Waals surface area (Å²) < 4.78 is 10.7. The minimum atomic E-state index is -0.253. The van der Waals surface area contributed by atoms with Gasteiger partial charge >= 0.3 is 6.01 Å². The van der Waals surface area contributed by atoms with Crippen LogP contribution in [-0.2, 0) is 4.74 Å². The molecule has 0 amide bonds. The summed E-state index contributed by atoms with van der Waals surface area (Å²) in [6.45, 7) is 6.51. The molecular weight excluding hydrogens is 242 g/mol. The van der Waals surface area contributed by atoms with Gasteiger partial charge in [0.1, 0.15) is 5.38 Å². The van der Waals surface area contributed by atoms with E-state index in [0.717, 1.165) is 32.6 Å². The van der Waals surface area contributed by atoms with Gasteiger partial charge in [0, 0.05) is 19.8 Å². The van der Waals surface area contributed by atoms with Crippen LogP contribution in [0.5, 0.6) is 0 Å². The third-order valence-corrected chi connectivity index (χ3v) is 3.33. The topological polar surface area (TPSA) is 60.2 Å². The van der Waals surface area contributed by atoms with Crippen LogP contribution in [0.1, 0.15) is 38.0 Å². The molecule has 0 saturated carbocycles. The van der Waals surface area contributed by atoms with Gasteiger partial charge in [0.15, 0.2) is 0 Å². The first kappa shape index (κ1) is 12.6. The van der Waals surface area contributed by atoms with Crippen molar-refractivity contribution in [3.8, 4) is 0 Å². The van der Waals surface area contributed by atoms with Gasteiger partial charge in [0.25, 0.3) is 0 Å². The minimum absolute atomic E-state index is 0.236. The van der Waals surface area contributed by atoms with E-state index in [1.54, 1.807) is 6.92 Å². The Hall–Kier alpha value is -0.810. The van der Waals surface area contributed by atoms with Crippen molar-refractivity contribution in [2.45, 2.75) is 32.1 Å². The monoisotopic (exact) mass is 259 g/mol. The number of nitrogens with zero attached hydrogens (tertiary/aromatic N) is 2. The second kappa shape index (κ2) is 5.23. The molecule has 17 heavy (non-hydrogen) atoms. The third kappa shape index (κ3) is 3.33. The Morgan fingerprint density at radius 3 is 2.71 bits per heavy atom. The van der Waals surface area contributed by atoms with Gasteiger partial charge in [-0.25, -0.2) is 0 Å². The van der Waals surface area contributed by atoms with Gasteiger partial charge in [-0.15, -0.1) is 16.7 Å². The minimum Gasteiger partial charge on any atom is -0.407 e.